The molecule has 0 aromatic heterocycles. The molecular weight excluding hydrogens is 296 g/mol. The number of hydrogen-bond acceptors (Lipinski definition) is 4. The number of amides is 1. The lowest BCUT2D eigenvalue weighted by Gasteiger charge is -2.34. The highest BCUT2D eigenvalue weighted by Crippen LogP contribution is 2.32. The monoisotopic (exact) mass is 314 g/mol. The zero-order valence-corrected chi connectivity index (χ0v) is 13.0. The molecule has 0 aliphatic carbocycles. The van der Waals surface area contributed by atoms with E-state index in [0.717, 1.165) is 4.90 Å². The Morgan fingerprint density at radius 3 is 2.75 bits per heavy atom. The molecule has 0 bridgehead atoms. The quantitative estimate of drug-likeness (QED) is 0.839. The third-order valence-corrected chi connectivity index (χ3v) is 4.95. The van der Waals surface area contributed by atoms with E-state index in [2.05, 4.69) is 5.32 Å². The topological polar surface area (TPSA) is 64.4 Å². The molecule has 110 valence electrons. The molecule has 0 saturated carbocycles. The zero-order chi connectivity index (χ0) is 14.6. The fourth-order valence-electron chi connectivity index (χ4n) is 2.29. The molecule has 0 spiro atoms. The number of hydrogen-bond donors (Lipinski definition) is 2. The van der Waals surface area contributed by atoms with Gasteiger partial charge in [-0.3, -0.25) is 4.79 Å². The first kappa shape index (κ1) is 15.6. The number of nitrogens with two attached hydrogens (primary N) is 1. The lowest BCUT2D eigenvalue weighted by atomic mass is 9.79. The number of benzene rings is 1. The fourth-order valence-corrected chi connectivity index (χ4v) is 3.16. The molecule has 3 N–H and O–H groups in total. The molecule has 1 saturated heterocycles. The van der Waals surface area contributed by atoms with Crippen molar-refractivity contribution in [2.75, 3.05) is 31.3 Å². The predicted octanol–water partition coefficient (Wildman–Crippen LogP) is 2.76. The van der Waals surface area contributed by atoms with Gasteiger partial charge in [-0.15, -0.1) is 11.8 Å². The molecule has 1 aromatic carbocycles. The second-order valence-corrected chi connectivity index (χ2v) is 6.16. The van der Waals surface area contributed by atoms with Crippen molar-refractivity contribution >= 4 is 35.0 Å². The standard InChI is InChI=1S/C14H19ClN2O2S/c1-20-12-3-2-10(8-11(12)15)17-13(18)14(9-16)4-6-19-7-5-14/h2-3,8H,4-7,9,16H2,1H3,(H,17,18). The molecule has 1 aliphatic rings. The molecule has 1 aromatic rings. The molecule has 0 unspecified atom stereocenters. The van der Waals surface area contributed by atoms with Gasteiger partial charge in [-0.1, -0.05) is 11.6 Å². The van der Waals surface area contributed by atoms with Crippen molar-refractivity contribution in [2.45, 2.75) is 17.7 Å². The first-order valence-corrected chi connectivity index (χ1v) is 8.14. The van der Waals surface area contributed by atoms with Gasteiger partial charge in [0.15, 0.2) is 0 Å². The molecule has 0 radical (unpaired) electrons. The van der Waals surface area contributed by atoms with Crippen LogP contribution in [-0.4, -0.2) is 31.9 Å². The van der Waals surface area contributed by atoms with E-state index in [-0.39, 0.29) is 5.91 Å². The van der Waals surface area contributed by atoms with Crippen LogP contribution in [0.25, 0.3) is 0 Å². The van der Waals surface area contributed by atoms with Gasteiger partial charge in [0.05, 0.1) is 10.4 Å². The Hall–Kier alpha value is -0.750. The number of rotatable bonds is 4. The summed E-state index contributed by atoms with van der Waals surface area (Å²) in [4.78, 5) is 13.5. The lowest BCUT2D eigenvalue weighted by Crippen LogP contribution is -2.46. The van der Waals surface area contributed by atoms with Crippen molar-refractivity contribution in [1.82, 2.24) is 0 Å². The van der Waals surface area contributed by atoms with Gasteiger partial charge in [0, 0.05) is 30.3 Å². The van der Waals surface area contributed by atoms with Crippen LogP contribution < -0.4 is 11.1 Å². The van der Waals surface area contributed by atoms with Crippen LogP contribution in [-0.2, 0) is 9.53 Å². The van der Waals surface area contributed by atoms with E-state index < -0.39 is 5.41 Å². The van der Waals surface area contributed by atoms with Crippen molar-refractivity contribution in [3.63, 3.8) is 0 Å². The van der Waals surface area contributed by atoms with Gasteiger partial charge in [-0.25, -0.2) is 0 Å². The molecule has 1 aliphatic heterocycles. The molecule has 1 heterocycles. The summed E-state index contributed by atoms with van der Waals surface area (Å²) in [6.07, 6.45) is 3.28. The smallest absolute Gasteiger partial charge is 0.232 e. The summed E-state index contributed by atoms with van der Waals surface area (Å²) in [6.45, 7) is 1.49. The second kappa shape index (κ2) is 6.80. The normalized spacial score (nSPS) is 17.8. The van der Waals surface area contributed by atoms with Gasteiger partial charge in [-0.05, 0) is 37.3 Å². The highest BCUT2D eigenvalue weighted by Gasteiger charge is 2.38. The van der Waals surface area contributed by atoms with Crippen LogP contribution in [0.3, 0.4) is 0 Å². The number of thioether (sulfide) groups is 1. The first-order valence-electron chi connectivity index (χ1n) is 6.54. The summed E-state index contributed by atoms with van der Waals surface area (Å²) in [5.41, 5.74) is 6.00. The molecule has 0 atom stereocenters. The summed E-state index contributed by atoms with van der Waals surface area (Å²) in [7, 11) is 0. The largest absolute Gasteiger partial charge is 0.381 e. The molecule has 2 rings (SSSR count). The number of carbonyl (C=O) groups excluding carboxylic acids is 1. The van der Waals surface area contributed by atoms with Crippen molar-refractivity contribution in [2.24, 2.45) is 11.1 Å². The van der Waals surface area contributed by atoms with Gasteiger partial charge in [0.1, 0.15) is 0 Å². The number of nitrogens with one attached hydrogen (secondary N) is 1. The van der Waals surface area contributed by atoms with Gasteiger partial charge in [0.25, 0.3) is 0 Å². The second-order valence-electron chi connectivity index (χ2n) is 4.90. The number of carbonyl (C=O) groups is 1. The van der Waals surface area contributed by atoms with E-state index in [0.29, 0.717) is 43.3 Å². The third-order valence-electron chi connectivity index (χ3n) is 3.73. The van der Waals surface area contributed by atoms with Crippen LogP contribution in [0.1, 0.15) is 12.8 Å². The predicted molar refractivity (Wildman–Crippen MR) is 83.4 cm³/mol. The average Bonchev–Trinajstić information content (AvgIpc) is 2.48. The third kappa shape index (κ3) is 3.28. The lowest BCUT2D eigenvalue weighted by molar-refractivity contribution is -0.130. The highest BCUT2D eigenvalue weighted by atomic mass is 35.5. The molecule has 4 nitrogen and oxygen atoms in total. The Morgan fingerprint density at radius 2 is 2.20 bits per heavy atom. The van der Waals surface area contributed by atoms with E-state index in [1.54, 1.807) is 17.8 Å². The summed E-state index contributed by atoms with van der Waals surface area (Å²) in [5, 5.41) is 3.57. The molecule has 1 fully saturated rings. The van der Waals surface area contributed by atoms with E-state index >= 15 is 0 Å². The van der Waals surface area contributed by atoms with Crippen LogP contribution in [0, 0.1) is 5.41 Å². The molecular formula is C14H19ClN2O2S. The van der Waals surface area contributed by atoms with Crippen LogP contribution in [0.4, 0.5) is 5.69 Å². The molecule has 1 amide bonds. The summed E-state index contributed by atoms with van der Waals surface area (Å²) in [6, 6.07) is 5.54. The Labute approximate surface area is 128 Å². The maximum Gasteiger partial charge on any atom is 0.232 e. The first-order chi connectivity index (χ1) is 9.61. The van der Waals surface area contributed by atoms with E-state index in [4.69, 9.17) is 22.1 Å². The minimum atomic E-state index is -0.525. The Balaban J connectivity index is 2.12. The molecule has 20 heavy (non-hydrogen) atoms. The fraction of sp³-hybridized carbons (Fsp3) is 0.500. The van der Waals surface area contributed by atoms with Crippen LogP contribution >= 0.6 is 23.4 Å². The van der Waals surface area contributed by atoms with Gasteiger partial charge in [0.2, 0.25) is 5.91 Å². The highest BCUT2D eigenvalue weighted by molar-refractivity contribution is 7.98. The van der Waals surface area contributed by atoms with Gasteiger partial charge < -0.3 is 15.8 Å². The summed E-state index contributed by atoms with van der Waals surface area (Å²) in [5.74, 6) is -0.0451. The maximum atomic E-state index is 12.5. The Bertz CT molecular complexity index is 490. The number of halogens is 1. The van der Waals surface area contributed by atoms with E-state index in [9.17, 15) is 4.79 Å². The van der Waals surface area contributed by atoms with Crippen molar-refractivity contribution in [1.29, 1.82) is 0 Å². The van der Waals surface area contributed by atoms with E-state index in [1.807, 2.05) is 18.4 Å². The minimum Gasteiger partial charge on any atom is -0.381 e. The zero-order valence-electron chi connectivity index (χ0n) is 11.4. The van der Waals surface area contributed by atoms with Crippen molar-refractivity contribution in [3.8, 4) is 0 Å². The molecule has 6 heteroatoms. The van der Waals surface area contributed by atoms with Crippen LogP contribution in [0.5, 0.6) is 0 Å². The van der Waals surface area contributed by atoms with Crippen molar-refractivity contribution in [3.05, 3.63) is 23.2 Å². The summed E-state index contributed by atoms with van der Waals surface area (Å²) < 4.78 is 5.32. The van der Waals surface area contributed by atoms with Gasteiger partial charge in [-0.2, -0.15) is 0 Å². The van der Waals surface area contributed by atoms with Crippen LogP contribution in [0.2, 0.25) is 5.02 Å². The average molecular weight is 315 g/mol. The Kier molecular flexibility index (Phi) is 5.32. The van der Waals surface area contributed by atoms with E-state index in [1.165, 1.54) is 0 Å². The number of ether oxygens (including phenoxy) is 1. The number of anilines is 1. The summed E-state index contributed by atoms with van der Waals surface area (Å²) >= 11 is 7.72. The SMILES string of the molecule is CSc1ccc(NC(=O)C2(CN)CCOCC2)cc1Cl. The minimum absolute atomic E-state index is 0.0451. The van der Waals surface area contributed by atoms with Crippen molar-refractivity contribution < 1.29 is 9.53 Å². The Morgan fingerprint density at radius 1 is 1.50 bits per heavy atom. The maximum absolute atomic E-state index is 12.5. The van der Waals surface area contributed by atoms with Crippen LogP contribution in [0.15, 0.2) is 23.1 Å². The van der Waals surface area contributed by atoms with Gasteiger partial charge >= 0.3 is 0 Å².